The molecule has 1 aliphatic heterocycles. The van der Waals surface area contributed by atoms with Gasteiger partial charge in [-0.15, -0.1) is 0 Å². The summed E-state index contributed by atoms with van der Waals surface area (Å²) >= 11 is 0. The molecule has 1 heterocycles. The normalized spacial score (nSPS) is 19.5. The Kier molecular flexibility index (Phi) is 4.53. The van der Waals surface area contributed by atoms with E-state index in [0.29, 0.717) is 12.1 Å². The zero-order valence-corrected chi connectivity index (χ0v) is 13.5. The second-order valence-corrected chi connectivity index (χ2v) is 6.48. The second kappa shape index (κ2) is 6.60. The van der Waals surface area contributed by atoms with Gasteiger partial charge in [0.2, 0.25) is 5.91 Å². The number of hydrogen-bond donors (Lipinski definition) is 3. The molecule has 3 rings (SSSR count). The molecule has 0 aromatic heterocycles. The van der Waals surface area contributed by atoms with Crippen molar-refractivity contribution in [2.75, 3.05) is 13.1 Å². The quantitative estimate of drug-likeness (QED) is 0.693. The number of carbonyl (C=O) groups is 3. The molecular weight excluding hydrogens is 308 g/mol. The first-order chi connectivity index (χ1) is 11.5. The van der Waals surface area contributed by atoms with Crippen LogP contribution in [0.1, 0.15) is 41.6 Å². The lowest BCUT2D eigenvalue weighted by molar-refractivity contribution is -0.125. The summed E-state index contributed by atoms with van der Waals surface area (Å²) in [7, 11) is 0. The van der Waals surface area contributed by atoms with Crippen LogP contribution in [0.4, 0.5) is 4.79 Å². The minimum Gasteiger partial charge on any atom is -0.345 e. The van der Waals surface area contributed by atoms with Gasteiger partial charge in [0.15, 0.2) is 0 Å². The Hall–Kier alpha value is -2.41. The van der Waals surface area contributed by atoms with E-state index in [9.17, 15) is 14.4 Å². The van der Waals surface area contributed by atoms with E-state index in [-0.39, 0.29) is 30.4 Å². The number of hydrogen-bond acceptors (Lipinski definition) is 4. The number of nitrogens with one attached hydrogen (secondary N) is 2. The maximum absolute atomic E-state index is 12.6. The molecule has 2 fully saturated rings. The Bertz CT molecular complexity index is 652. The van der Waals surface area contributed by atoms with E-state index in [1.54, 1.807) is 24.3 Å². The summed E-state index contributed by atoms with van der Waals surface area (Å²) in [6.45, 7) is 0.618. The molecule has 0 spiro atoms. The fourth-order valence-corrected chi connectivity index (χ4v) is 3.35. The maximum atomic E-state index is 12.6. The van der Waals surface area contributed by atoms with Gasteiger partial charge in [0, 0.05) is 12.1 Å². The molecule has 1 saturated heterocycles. The van der Waals surface area contributed by atoms with Gasteiger partial charge in [0.1, 0.15) is 0 Å². The molecule has 0 bridgehead atoms. The van der Waals surface area contributed by atoms with Crippen molar-refractivity contribution < 1.29 is 14.4 Å². The molecule has 0 radical (unpaired) electrons. The molecule has 7 heteroatoms. The van der Waals surface area contributed by atoms with E-state index in [0.717, 1.165) is 36.1 Å². The first-order valence-corrected chi connectivity index (χ1v) is 8.23. The van der Waals surface area contributed by atoms with E-state index >= 15 is 0 Å². The van der Waals surface area contributed by atoms with Crippen molar-refractivity contribution in [2.45, 2.75) is 37.8 Å². The van der Waals surface area contributed by atoms with Crippen LogP contribution in [0.15, 0.2) is 24.3 Å². The van der Waals surface area contributed by atoms with Crippen LogP contribution in [-0.4, -0.2) is 41.4 Å². The Balaban J connectivity index is 1.71. The van der Waals surface area contributed by atoms with Gasteiger partial charge in [-0.3, -0.25) is 14.5 Å². The van der Waals surface area contributed by atoms with Gasteiger partial charge in [-0.25, -0.2) is 4.79 Å². The average molecular weight is 330 g/mol. The number of benzene rings is 1. The molecule has 0 atom stereocenters. The number of imide groups is 1. The Morgan fingerprint density at radius 1 is 1.29 bits per heavy atom. The second-order valence-electron chi connectivity index (χ2n) is 6.48. The van der Waals surface area contributed by atoms with E-state index < -0.39 is 6.03 Å². The number of rotatable bonds is 5. The van der Waals surface area contributed by atoms with Crippen LogP contribution in [-0.2, 0) is 11.3 Å². The third kappa shape index (κ3) is 3.26. The van der Waals surface area contributed by atoms with E-state index in [4.69, 9.17) is 5.73 Å². The summed E-state index contributed by atoms with van der Waals surface area (Å²) in [5, 5.41) is 5.56. The highest BCUT2D eigenvalue weighted by molar-refractivity contribution is 6.02. The number of nitrogens with two attached hydrogens (primary N) is 1. The SMILES string of the molecule is NCC1(NC(=O)c2cccc(CN3C(=O)CNC3=O)c2)CCCC1. The fraction of sp³-hybridized carbons (Fsp3) is 0.471. The predicted molar refractivity (Wildman–Crippen MR) is 88.1 cm³/mol. The largest absolute Gasteiger partial charge is 0.345 e. The van der Waals surface area contributed by atoms with E-state index in [1.807, 2.05) is 0 Å². The van der Waals surface area contributed by atoms with Crippen LogP contribution in [0.2, 0.25) is 0 Å². The fourth-order valence-electron chi connectivity index (χ4n) is 3.35. The maximum Gasteiger partial charge on any atom is 0.324 e. The number of carbonyl (C=O) groups excluding carboxylic acids is 3. The molecule has 128 valence electrons. The molecule has 4 amide bonds. The molecular formula is C17H22N4O3. The Morgan fingerprint density at radius 2 is 2.04 bits per heavy atom. The van der Waals surface area contributed by atoms with Crippen LogP contribution in [0, 0.1) is 0 Å². The van der Waals surface area contributed by atoms with Crippen LogP contribution in [0.3, 0.4) is 0 Å². The Morgan fingerprint density at radius 3 is 2.67 bits per heavy atom. The van der Waals surface area contributed by atoms with Crippen molar-refractivity contribution >= 4 is 17.8 Å². The van der Waals surface area contributed by atoms with Crippen molar-refractivity contribution in [1.29, 1.82) is 0 Å². The molecule has 7 nitrogen and oxygen atoms in total. The predicted octanol–water partition coefficient (Wildman–Crippen LogP) is 0.740. The van der Waals surface area contributed by atoms with Crippen molar-refractivity contribution in [3.8, 4) is 0 Å². The van der Waals surface area contributed by atoms with Gasteiger partial charge in [0.25, 0.3) is 5.91 Å². The lowest BCUT2D eigenvalue weighted by Gasteiger charge is -2.28. The van der Waals surface area contributed by atoms with Gasteiger partial charge in [0.05, 0.1) is 18.6 Å². The first-order valence-electron chi connectivity index (χ1n) is 8.23. The van der Waals surface area contributed by atoms with Gasteiger partial charge in [-0.05, 0) is 30.5 Å². The summed E-state index contributed by atoms with van der Waals surface area (Å²) in [4.78, 5) is 37.0. The van der Waals surface area contributed by atoms with Crippen molar-refractivity contribution in [3.05, 3.63) is 35.4 Å². The molecule has 4 N–H and O–H groups in total. The molecule has 0 unspecified atom stereocenters. The van der Waals surface area contributed by atoms with Gasteiger partial charge >= 0.3 is 6.03 Å². The van der Waals surface area contributed by atoms with Crippen LogP contribution in [0.25, 0.3) is 0 Å². The zero-order valence-electron chi connectivity index (χ0n) is 13.5. The third-order valence-electron chi connectivity index (χ3n) is 4.80. The topological polar surface area (TPSA) is 105 Å². The zero-order chi connectivity index (χ0) is 17.2. The lowest BCUT2D eigenvalue weighted by Crippen LogP contribution is -2.51. The highest BCUT2D eigenvalue weighted by Gasteiger charge is 2.34. The van der Waals surface area contributed by atoms with Crippen molar-refractivity contribution in [1.82, 2.24) is 15.5 Å². The van der Waals surface area contributed by atoms with E-state index in [2.05, 4.69) is 10.6 Å². The minimum atomic E-state index is -0.400. The van der Waals surface area contributed by atoms with Gasteiger partial charge in [-0.1, -0.05) is 25.0 Å². The average Bonchev–Trinajstić information content (AvgIpc) is 3.17. The van der Waals surface area contributed by atoms with Gasteiger partial charge < -0.3 is 16.4 Å². The highest BCUT2D eigenvalue weighted by Crippen LogP contribution is 2.29. The number of nitrogens with zero attached hydrogens (tertiary/aromatic N) is 1. The Labute approximate surface area is 140 Å². The van der Waals surface area contributed by atoms with Crippen LogP contribution < -0.4 is 16.4 Å². The molecule has 1 aromatic carbocycles. The van der Waals surface area contributed by atoms with Crippen molar-refractivity contribution in [2.24, 2.45) is 5.73 Å². The first kappa shape index (κ1) is 16.4. The summed E-state index contributed by atoms with van der Waals surface area (Å²) in [6.07, 6.45) is 3.95. The van der Waals surface area contributed by atoms with E-state index in [1.165, 1.54) is 0 Å². The standard InChI is InChI=1S/C17H22N4O3/c18-11-17(6-1-2-7-17)20-15(23)13-5-3-4-12(8-13)10-21-14(22)9-19-16(21)24/h3-5,8H,1-2,6-7,9-11,18H2,(H,19,24)(H,20,23). The van der Waals surface area contributed by atoms with Crippen molar-refractivity contribution in [3.63, 3.8) is 0 Å². The monoisotopic (exact) mass is 330 g/mol. The molecule has 1 aliphatic carbocycles. The molecule has 1 saturated carbocycles. The highest BCUT2D eigenvalue weighted by atomic mass is 16.2. The summed E-state index contributed by atoms with van der Waals surface area (Å²) < 4.78 is 0. The number of urea groups is 1. The van der Waals surface area contributed by atoms with Crippen LogP contribution in [0.5, 0.6) is 0 Å². The third-order valence-corrected chi connectivity index (χ3v) is 4.80. The molecule has 24 heavy (non-hydrogen) atoms. The minimum absolute atomic E-state index is 0.0258. The summed E-state index contributed by atoms with van der Waals surface area (Å²) in [5.74, 6) is -0.427. The smallest absolute Gasteiger partial charge is 0.324 e. The summed E-state index contributed by atoms with van der Waals surface area (Å²) in [6, 6.07) is 6.59. The number of amides is 4. The lowest BCUT2D eigenvalue weighted by atomic mass is 9.97. The summed E-state index contributed by atoms with van der Waals surface area (Å²) in [5.41, 5.74) is 6.80. The van der Waals surface area contributed by atoms with Gasteiger partial charge in [-0.2, -0.15) is 0 Å². The van der Waals surface area contributed by atoms with Crippen LogP contribution >= 0.6 is 0 Å². The molecule has 1 aromatic rings. The molecule has 2 aliphatic rings.